The van der Waals surface area contributed by atoms with Crippen molar-refractivity contribution in [1.82, 2.24) is 14.5 Å². The van der Waals surface area contributed by atoms with Gasteiger partial charge in [0.15, 0.2) is 0 Å². The van der Waals surface area contributed by atoms with E-state index in [4.69, 9.17) is 0 Å². The summed E-state index contributed by atoms with van der Waals surface area (Å²) in [5, 5.41) is 0. The maximum atomic E-state index is 13.4. The van der Waals surface area contributed by atoms with Crippen molar-refractivity contribution in [3.63, 3.8) is 0 Å². The summed E-state index contributed by atoms with van der Waals surface area (Å²) in [7, 11) is 0. The summed E-state index contributed by atoms with van der Waals surface area (Å²) in [6.07, 6.45) is 3.34. The van der Waals surface area contributed by atoms with Gasteiger partial charge in [0.25, 0.3) is 5.92 Å². The van der Waals surface area contributed by atoms with Gasteiger partial charge in [0.05, 0.1) is 24.1 Å². The molecule has 0 spiro atoms. The van der Waals surface area contributed by atoms with Crippen LogP contribution in [0.15, 0.2) is 48.8 Å². The van der Waals surface area contributed by atoms with Crippen molar-refractivity contribution in [3.8, 4) is 11.1 Å². The van der Waals surface area contributed by atoms with Gasteiger partial charge in [-0.25, -0.2) is 13.2 Å². The van der Waals surface area contributed by atoms with E-state index in [0.29, 0.717) is 16.6 Å². The summed E-state index contributed by atoms with van der Waals surface area (Å²) in [5.74, 6) is -3.48. The first-order valence-corrected chi connectivity index (χ1v) is 7.78. The van der Waals surface area contributed by atoms with Crippen molar-refractivity contribution in [2.24, 2.45) is 0 Å². The van der Waals surface area contributed by atoms with E-state index in [-0.39, 0.29) is 18.3 Å². The van der Waals surface area contributed by atoms with E-state index < -0.39 is 19.0 Å². The van der Waals surface area contributed by atoms with Crippen LogP contribution in [0.2, 0.25) is 0 Å². The summed E-state index contributed by atoms with van der Waals surface area (Å²) >= 11 is 0. The quantitative estimate of drug-likeness (QED) is 0.730. The molecule has 0 atom stereocenters. The van der Waals surface area contributed by atoms with E-state index >= 15 is 0 Å². The summed E-state index contributed by atoms with van der Waals surface area (Å²) in [6.45, 7) is -1.09. The minimum atomic E-state index is -2.78. The number of rotatable bonds is 3. The fourth-order valence-corrected chi connectivity index (χ4v) is 2.96. The Morgan fingerprint density at radius 3 is 2.68 bits per heavy atom. The minimum Gasteiger partial charge on any atom is -0.337 e. The van der Waals surface area contributed by atoms with E-state index in [1.807, 2.05) is 6.07 Å². The second kappa shape index (κ2) is 5.61. The van der Waals surface area contributed by atoms with Crippen LogP contribution in [0, 0.1) is 5.82 Å². The first-order chi connectivity index (χ1) is 11.9. The van der Waals surface area contributed by atoms with E-state index in [2.05, 4.69) is 4.98 Å². The van der Waals surface area contributed by atoms with E-state index in [9.17, 15) is 18.0 Å². The predicted octanol–water partition coefficient (Wildman–Crippen LogP) is 3.32. The summed E-state index contributed by atoms with van der Waals surface area (Å²) in [6, 6.07) is 9.72. The number of pyridine rings is 1. The molecule has 1 aromatic carbocycles. The van der Waals surface area contributed by atoms with Crippen LogP contribution in [0.4, 0.5) is 13.2 Å². The van der Waals surface area contributed by atoms with Gasteiger partial charge < -0.3 is 9.47 Å². The first-order valence-electron chi connectivity index (χ1n) is 7.78. The van der Waals surface area contributed by atoms with Crippen LogP contribution >= 0.6 is 0 Å². The molecule has 7 heteroatoms. The molecule has 0 aliphatic carbocycles. The molecular formula is C18H14F3N3O. The molecule has 3 heterocycles. The molecule has 4 rings (SSSR count). The van der Waals surface area contributed by atoms with Gasteiger partial charge in [0.2, 0.25) is 5.91 Å². The molecule has 1 aliphatic rings. The Morgan fingerprint density at radius 2 is 1.96 bits per heavy atom. The lowest BCUT2D eigenvalue weighted by Gasteiger charge is -2.38. The smallest absolute Gasteiger partial charge is 0.282 e. The van der Waals surface area contributed by atoms with Crippen molar-refractivity contribution in [3.05, 3.63) is 54.6 Å². The van der Waals surface area contributed by atoms with Crippen molar-refractivity contribution < 1.29 is 18.0 Å². The van der Waals surface area contributed by atoms with Crippen LogP contribution in [0.5, 0.6) is 0 Å². The van der Waals surface area contributed by atoms with Gasteiger partial charge in [-0.1, -0.05) is 12.1 Å². The van der Waals surface area contributed by atoms with Crippen LogP contribution in [0.25, 0.3) is 22.2 Å². The number of hydrogen-bond acceptors (Lipinski definition) is 2. The number of benzene rings is 1. The van der Waals surface area contributed by atoms with Gasteiger partial charge in [0.1, 0.15) is 12.4 Å². The normalized spacial score (nSPS) is 16.0. The third-order valence-electron chi connectivity index (χ3n) is 4.28. The molecule has 0 N–H and O–H groups in total. The first kappa shape index (κ1) is 15.7. The molecule has 1 amide bonds. The summed E-state index contributed by atoms with van der Waals surface area (Å²) < 4.78 is 40.9. The maximum absolute atomic E-state index is 13.4. The standard InChI is InChI=1S/C18H14F3N3O/c19-14-3-1-2-12(6-14)13-7-16-15(22-8-13)4-5-23(16)9-17(25)24-10-18(20,21)11-24/h1-8H,9-11H2. The topological polar surface area (TPSA) is 38.1 Å². The highest BCUT2D eigenvalue weighted by molar-refractivity contribution is 5.84. The lowest BCUT2D eigenvalue weighted by atomic mass is 10.1. The molecule has 3 aromatic rings. The average Bonchev–Trinajstić information content (AvgIpc) is 2.94. The van der Waals surface area contributed by atoms with E-state index in [1.165, 1.54) is 12.1 Å². The Kier molecular flexibility index (Phi) is 3.52. The van der Waals surface area contributed by atoms with E-state index in [0.717, 1.165) is 10.5 Å². The third kappa shape index (κ3) is 2.97. The van der Waals surface area contributed by atoms with Crippen molar-refractivity contribution in [2.75, 3.05) is 13.1 Å². The number of likely N-dealkylation sites (tertiary alicyclic amines) is 1. The van der Waals surface area contributed by atoms with Crippen molar-refractivity contribution in [2.45, 2.75) is 12.5 Å². The molecule has 1 fully saturated rings. The minimum absolute atomic E-state index is 0.0339. The second-order valence-corrected chi connectivity index (χ2v) is 6.19. The fraction of sp³-hybridized carbons (Fsp3) is 0.222. The van der Waals surface area contributed by atoms with Crippen LogP contribution < -0.4 is 0 Å². The molecule has 4 nitrogen and oxygen atoms in total. The molecule has 0 bridgehead atoms. The summed E-state index contributed by atoms with van der Waals surface area (Å²) in [4.78, 5) is 17.6. The Balaban J connectivity index is 1.62. The van der Waals surface area contributed by atoms with Crippen molar-refractivity contribution in [1.29, 1.82) is 0 Å². The molecule has 0 saturated carbocycles. The largest absolute Gasteiger partial charge is 0.337 e. The summed E-state index contributed by atoms with van der Waals surface area (Å²) in [5.41, 5.74) is 2.77. The Bertz CT molecular complexity index is 959. The maximum Gasteiger partial charge on any atom is 0.282 e. The van der Waals surface area contributed by atoms with Gasteiger partial charge in [-0.2, -0.15) is 0 Å². The zero-order valence-corrected chi connectivity index (χ0v) is 13.1. The zero-order chi connectivity index (χ0) is 17.6. The SMILES string of the molecule is O=C(Cn1ccc2ncc(-c3cccc(F)c3)cc21)N1CC(F)(F)C1. The van der Waals surface area contributed by atoms with Crippen molar-refractivity contribution >= 4 is 16.9 Å². The molecule has 0 radical (unpaired) electrons. The fourth-order valence-electron chi connectivity index (χ4n) is 2.96. The second-order valence-electron chi connectivity index (χ2n) is 6.19. The third-order valence-corrected chi connectivity index (χ3v) is 4.28. The average molecular weight is 345 g/mol. The van der Waals surface area contributed by atoms with Crippen LogP contribution in [-0.4, -0.2) is 39.4 Å². The number of halogens is 3. The highest BCUT2D eigenvalue weighted by Crippen LogP contribution is 2.28. The molecule has 25 heavy (non-hydrogen) atoms. The number of aromatic nitrogens is 2. The molecular weight excluding hydrogens is 331 g/mol. The van der Waals surface area contributed by atoms with Gasteiger partial charge >= 0.3 is 0 Å². The number of alkyl halides is 2. The number of amides is 1. The van der Waals surface area contributed by atoms with Crippen LogP contribution in [-0.2, 0) is 11.3 Å². The molecule has 1 aliphatic heterocycles. The zero-order valence-electron chi connectivity index (χ0n) is 13.1. The highest BCUT2D eigenvalue weighted by atomic mass is 19.3. The Hall–Kier alpha value is -2.83. The van der Waals surface area contributed by atoms with Crippen LogP contribution in [0.3, 0.4) is 0 Å². The number of carbonyl (C=O) groups excluding carboxylic acids is 1. The predicted molar refractivity (Wildman–Crippen MR) is 86.7 cm³/mol. The van der Waals surface area contributed by atoms with Gasteiger partial charge in [-0.05, 0) is 29.8 Å². The van der Waals surface area contributed by atoms with Gasteiger partial charge in [0, 0.05) is 18.0 Å². The molecule has 128 valence electrons. The Morgan fingerprint density at radius 1 is 1.16 bits per heavy atom. The Labute approximate surface area is 141 Å². The molecule has 2 aromatic heterocycles. The lowest BCUT2D eigenvalue weighted by molar-refractivity contribution is -0.166. The van der Waals surface area contributed by atoms with Crippen LogP contribution in [0.1, 0.15) is 0 Å². The molecule has 0 unspecified atom stereocenters. The number of fused-ring (bicyclic) bond motifs is 1. The monoisotopic (exact) mass is 345 g/mol. The number of hydrogen-bond donors (Lipinski definition) is 0. The van der Waals surface area contributed by atoms with E-state index in [1.54, 1.807) is 35.2 Å². The van der Waals surface area contributed by atoms with Gasteiger partial charge in [-0.3, -0.25) is 9.78 Å². The number of nitrogens with zero attached hydrogens (tertiary/aromatic N) is 3. The number of carbonyl (C=O) groups is 1. The molecule has 1 saturated heterocycles. The lowest BCUT2D eigenvalue weighted by Crippen LogP contribution is -2.59. The highest BCUT2D eigenvalue weighted by Gasteiger charge is 2.46. The van der Waals surface area contributed by atoms with Gasteiger partial charge in [-0.15, -0.1) is 0 Å².